The van der Waals surface area contributed by atoms with Crippen LogP contribution in [0.5, 0.6) is 0 Å². The van der Waals surface area contributed by atoms with Crippen LogP contribution in [0.2, 0.25) is 5.02 Å². The average molecular weight is 246 g/mol. The first-order valence-electron chi connectivity index (χ1n) is 5.21. The minimum Gasteiger partial charge on any atom is -0.389 e. The van der Waals surface area contributed by atoms with Crippen molar-refractivity contribution in [3.05, 3.63) is 34.6 Å². The molecule has 2 N–H and O–H groups in total. The summed E-state index contributed by atoms with van der Waals surface area (Å²) in [5.74, 6) is -0.330. The number of nitrogens with one attached hydrogen (secondary N) is 1. The lowest BCUT2D eigenvalue weighted by molar-refractivity contribution is 0.0769. The van der Waals surface area contributed by atoms with Gasteiger partial charge in [-0.15, -0.1) is 0 Å². The summed E-state index contributed by atoms with van der Waals surface area (Å²) in [6, 6.07) is 4.37. The molecule has 0 saturated carbocycles. The maximum atomic E-state index is 13.5. The molecule has 1 atom stereocenters. The molecule has 0 fully saturated rings. The molecule has 0 saturated heterocycles. The lowest BCUT2D eigenvalue weighted by Gasteiger charge is -2.22. The average Bonchev–Trinajstić information content (AvgIpc) is 2.13. The number of aliphatic hydroxyl groups is 1. The van der Waals surface area contributed by atoms with E-state index in [1.54, 1.807) is 26.0 Å². The van der Waals surface area contributed by atoms with Crippen LogP contribution in [-0.4, -0.2) is 17.3 Å². The monoisotopic (exact) mass is 245 g/mol. The number of halogens is 2. The first kappa shape index (κ1) is 13.4. The topological polar surface area (TPSA) is 32.3 Å². The Morgan fingerprint density at radius 1 is 1.50 bits per heavy atom. The lowest BCUT2D eigenvalue weighted by atomic mass is 10.1. The van der Waals surface area contributed by atoms with Gasteiger partial charge < -0.3 is 10.4 Å². The highest BCUT2D eigenvalue weighted by atomic mass is 35.5. The van der Waals surface area contributed by atoms with E-state index in [9.17, 15) is 9.50 Å². The van der Waals surface area contributed by atoms with Crippen LogP contribution in [0.4, 0.5) is 4.39 Å². The maximum Gasteiger partial charge on any atom is 0.129 e. The second-order valence-electron chi connectivity index (χ2n) is 4.55. The zero-order chi connectivity index (χ0) is 12.3. The third-order valence-electron chi connectivity index (χ3n) is 2.27. The highest BCUT2D eigenvalue weighted by Gasteiger charge is 2.18. The smallest absolute Gasteiger partial charge is 0.129 e. The SMILES string of the molecule is CC(NCC(C)(C)O)c1c(F)cccc1Cl. The van der Waals surface area contributed by atoms with Gasteiger partial charge in [0, 0.05) is 23.2 Å². The second kappa shape index (κ2) is 5.13. The van der Waals surface area contributed by atoms with Crippen molar-refractivity contribution in [1.82, 2.24) is 5.32 Å². The maximum absolute atomic E-state index is 13.5. The number of benzene rings is 1. The normalized spacial score (nSPS) is 13.9. The van der Waals surface area contributed by atoms with Gasteiger partial charge in [-0.05, 0) is 32.9 Å². The molecular weight excluding hydrogens is 229 g/mol. The van der Waals surface area contributed by atoms with E-state index in [4.69, 9.17) is 11.6 Å². The molecular formula is C12H17ClFNO. The van der Waals surface area contributed by atoms with Gasteiger partial charge in [0.1, 0.15) is 5.82 Å². The minimum absolute atomic E-state index is 0.236. The zero-order valence-electron chi connectivity index (χ0n) is 9.72. The van der Waals surface area contributed by atoms with Crippen molar-refractivity contribution in [2.24, 2.45) is 0 Å². The van der Waals surface area contributed by atoms with Crippen LogP contribution in [0.25, 0.3) is 0 Å². The lowest BCUT2D eigenvalue weighted by Crippen LogP contribution is -2.36. The fourth-order valence-corrected chi connectivity index (χ4v) is 1.76. The van der Waals surface area contributed by atoms with Gasteiger partial charge in [-0.2, -0.15) is 0 Å². The Hall–Kier alpha value is -0.640. The Morgan fingerprint density at radius 3 is 2.62 bits per heavy atom. The Morgan fingerprint density at radius 2 is 2.12 bits per heavy atom. The van der Waals surface area contributed by atoms with E-state index >= 15 is 0 Å². The standard InChI is InChI=1S/C12H17ClFNO/c1-8(15-7-12(2,3)16)11-9(13)5-4-6-10(11)14/h4-6,8,15-16H,7H2,1-3H3. The molecule has 0 aliphatic carbocycles. The van der Waals surface area contributed by atoms with Crippen LogP contribution in [0.15, 0.2) is 18.2 Å². The van der Waals surface area contributed by atoms with E-state index < -0.39 is 5.60 Å². The molecule has 0 aromatic heterocycles. The van der Waals surface area contributed by atoms with Crippen LogP contribution in [0.3, 0.4) is 0 Å². The van der Waals surface area contributed by atoms with E-state index in [2.05, 4.69) is 5.32 Å². The molecule has 4 heteroatoms. The molecule has 0 radical (unpaired) electrons. The fourth-order valence-electron chi connectivity index (χ4n) is 1.43. The van der Waals surface area contributed by atoms with Crippen LogP contribution in [0.1, 0.15) is 32.4 Å². The summed E-state index contributed by atoms with van der Waals surface area (Å²) in [4.78, 5) is 0. The fraction of sp³-hybridized carbons (Fsp3) is 0.500. The third-order valence-corrected chi connectivity index (χ3v) is 2.60. The van der Waals surface area contributed by atoms with Gasteiger partial charge in [0.15, 0.2) is 0 Å². The largest absolute Gasteiger partial charge is 0.389 e. The second-order valence-corrected chi connectivity index (χ2v) is 4.96. The van der Waals surface area contributed by atoms with Gasteiger partial charge in [0.05, 0.1) is 5.60 Å². The van der Waals surface area contributed by atoms with Gasteiger partial charge in [-0.3, -0.25) is 0 Å². The van der Waals surface area contributed by atoms with Crippen molar-refractivity contribution in [2.45, 2.75) is 32.4 Å². The predicted octanol–water partition coefficient (Wildman–Crippen LogP) is 2.90. The van der Waals surface area contributed by atoms with Crippen LogP contribution in [-0.2, 0) is 0 Å². The molecule has 90 valence electrons. The third kappa shape index (κ3) is 3.74. The summed E-state index contributed by atoms with van der Waals surface area (Å²) >= 11 is 5.93. The van der Waals surface area contributed by atoms with E-state index in [0.29, 0.717) is 17.1 Å². The van der Waals surface area contributed by atoms with E-state index in [-0.39, 0.29) is 11.9 Å². The quantitative estimate of drug-likeness (QED) is 0.855. The van der Waals surface area contributed by atoms with Crippen molar-refractivity contribution >= 4 is 11.6 Å². The van der Waals surface area contributed by atoms with Gasteiger partial charge in [0.2, 0.25) is 0 Å². The highest BCUT2D eigenvalue weighted by Crippen LogP contribution is 2.25. The zero-order valence-corrected chi connectivity index (χ0v) is 10.5. The Balaban J connectivity index is 2.77. The van der Waals surface area contributed by atoms with Crippen molar-refractivity contribution in [3.8, 4) is 0 Å². The molecule has 0 spiro atoms. The van der Waals surface area contributed by atoms with Crippen molar-refractivity contribution in [3.63, 3.8) is 0 Å². The van der Waals surface area contributed by atoms with Crippen LogP contribution < -0.4 is 5.32 Å². The Labute approximate surface area is 100 Å². The van der Waals surface area contributed by atoms with Crippen molar-refractivity contribution in [2.75, 3.05) is 6.54 Å². The summed E-state index contributed by atoms with van der Waals surface area (Å²) in [6.07, 6.45) is 0. The molecule has 0 heterocycles. The summed E-state index contributed by atoms with van der Waals surface area (Å²) in [5, 5.41) is 13.0. The van der Waals surface area contributed by atoms with Crippen LogP contribution in [0, 0.1) is 5.82 Å². The van der Waals surface area contributed by atoms with E-state index in [0.717, 1.165) is 0 Å². The van der Waals surface area contributed by atoms with Gasteiger partial charge >= 0.3 is 0 Å². The first-order chi connectivity index (χ1) is 7.31. The molecule has 0 aliphatic heterocycles. The molecule has 0 amide bonds. The molecule has 0 aliphatic rings. The molecule has 1 aromatic rings. The number of hydrogen-bond acceptors (Lipinski definition) is 2. The van der Waals surface area contributed by atoms with Gasteiger partial charge in [0.25, 0.3) is 0 Å². The molecule has 0 bridgehead atoms. The highest BCUT2D eigenvalue weighted by molar-refractivity contribution is 6.31. The molecule has 1 rings (SSSR count). The van der Waals surface area contributed by atoms with E-state index in [1.165, 1.54) is 6.07 Å². The summed E-state index contributed by atoms with van der Waals surface area (Å²) in [6.45, 7) is 5.57. The summed E-state index contributed by atoms with van der Waals surface area (Å²) in [5.41, 5.74) is -0.389. The van der Waals surface area contributed by atoms with Gasteiger partial charge in [-0.25, -0.2) is 4.39 Å². The summed E-state index contributed by atoms with van der Waals surface area (Å²) in [7, 11) is 0. The number of hydrogen-bond donors (Lipinski definition) is 2. The Bertz CT molecular complexity index is 342. The van der Waals surface area contributed by atoms with Crippen LogP contribution >= 0.6 is 11.6 Å². The molecule has 1 aromatic carbocycles. The van der Waals surface area contributed by atoms with E-state index in [1.807, 2.05) is 6.92 Å². The van der Waals surface area contributed by atoms with Gasteiger partial charge in [-0.1, -0.05) is 17.7 Å². The first-order valence-corrected chi connectivity index (χ1v) is 5.59. The molecule has 2 nitrogen and oxygen atoms in total. The predicted molar refractivity (Wildman–Crippen MR) is 64.1 cm³/mol. The minimum atomic E-state index is -0.827. The summed E-state index contributed by atoms with van der Waals surface area (Å²) < 4.78 is 13.5. The van der Waals surface area contributed by atoms with Crippen molar-refractivity contribution in [1.29, 1.82) is 0 Å². The number of rotatable bonds is 4. The molecule has 16 heavy (non-hydrogen) atoms. The molecule has 1 unspecified atom stereocenters. The van der Waals surface area contributed by atoms with Crippen molar-refractivity contribution < 1.29 is 9.50 Å². The Kier molecular flexibility index (Phi) is 4.30.